The van der Waals surface area contributed by atoms with Gasteiger partial charge in [0.1, 0.15) is 0 Å². The van der Waals surface area contributed by atoms with Crippen LogP contribution < -0.4 is 0 Å². The fourth-order valence-corrected chi connectivity index (χ4v) is 1.98. The Morgan fingerprint density at radius 1 is 1.56 bits per heavy atom. The molecular weight excluding hydrogens is 208 g/mol. The summed E-state index contributed by atoms with van der Waals surface area (Å²) in [4.78, 5) is 11.2. The monoisotopic (exact) mass is 222 g/mol. The van der Waals surface area contributed by atoms with Gasteiger partial charge in [-0.15, -0.1) is 0 Å². The first-order valence-corrected chi connectivity index (χ1v) is 5.28. The van der Waals surface area contributed by atoms with E-state index in [-0.39, 0.29) is 12.8 Å². The van der Waals surface area contributed by atoms with Crippen molar-refractivity contribution in [3.05, 3.63) is 35.4 Å². The van der Waals surface area contributed by atoms with E-state index in [1.165, 1.54) is 0 Å². The Kier molecular flexibility index (Phi) is 2.69. The van der Waals surface area contributed by atoms with Crippen LogP contribution in [0.4, 0.5) is 0 Å². The van der Waals surface area contributed by atoms with Crippen molar-refractivity contribution in [1.29, 1.82) is 0 Å². The number of hydrogen-bond acceptors (Lipinski definition) is 4. The highest BCUT2D eigenvalue weighted by molar-refractivity contribution is 5.69. The number of esters is 1. The quantitative estimate of drug-likeness (QED) is 0.583. The minimum Gasteiger partial charge on any atom is -0.429 e. The minimum atomic E-state index is -1.68. The second-order valence-corrected chi connectivity index (χ2v) is 3.92. The molecule has 16 heavy (non-hydrogen) atoms. The lowest BCUT2D eigenvalue weighted by Crippen LogP contribution is -2.29. The van der Waals surface area contributed by atoms with Gasteiger partial charge in [0.2, 0.25) is 5.79 Å². The van der Waals surface area contributed by atoms with Gasteiger partial charge in [-0.05, 0) is 5.56 Å². The highest BCUT2D eigenvalue weighted by Gasteiger charge is 2.44. The molecule has 2 atom stereocenters. The second kappa shape index (κ2) is 3.88. The zero-order chi connectivity index (χ0) is 11.8. The SMILES string of the molecule is CCC(=O)OC1(O)CC(O)c2ccccc21. The van der Waals surface area contributed by atoms with Gasteiger partial charge in [-0.2, -0.15) is 0 Å². The molecule has 1 aliphatic carbocycles. The van der Waals surface area contributed by atoms with Crippen molar-refractivity contribution in [2.75, 3.05) is 0 Å². The Bertz CT molecular complexity index is 415. The van der Waals surface area contributed by atoms with E-state index in [9.17, 15) is 15.0 Å². The topological polar surface area (TPSA) is 66.8 Å². The van der Waals surface area contributed by atoms with Gasteiger partial charge < -0.3 is 14.9 Å². The fraction of sp³-hybridized carbons (Fsp3) is 0.417. The Labute approximate surface area is 93.5 Å². The molecule has 1 aromatic carbocycles. The Balaban J connectivity index is 2.35. The van der Waals surface area contributed by atoms with Crippen LogP contribution in [-0.4, -0.2) is 16.2 Å². The third-order valence-electron chi connectivity index (χ3n) is 2.78. The maximum Gasteiger partial charge on any atom is 0.308 e. The van der Waals surface area contributed by atoms with Gasteiger partial charge in [0, 0.05) is 18.4 Å². The number of benzene rings is 1. The Hall–Kier alpha value is -1.39. The van der Waals surface area contributed by atoms with Crippen molar-refractivity contribution < 1.29 is 19.7 Å². The van der Waals surface area contributed by atoms with Crippen molar-refractivity contribution in [1.82, 2.24) is 0 Å². The van der Waals surface area contributed by atoms with Gasteiger partial charge in [0.25, 0.3) is 0 Å². The summed E-state index contributed by atoms with van der Waals surface area (Å²) in [7, 11) is 0. The first-order valence-electron chi connectivity index (χ1n) is 5.28. The highest BCUT2D eigenvalue weighted by atomic mass is 16.7. The molecule has 0 aromatic heterocycles. The number of carbonyl (C=O) groups excluding carboxylic acids is 1. The molecule has 2 N–H and O–H groups in total. The average molecular weight is 222 g/mol. The number of fused-ring (bicyclic) bond motifs is 1. The predicted octanol–water partition coefficient (Wildman–Crippen LogP) is 1.22. The number of rotatable bonds is 2. The molecule has 0 heterocycles. The third kappa shape index (κ3) is 1.70. The molecule has 0 bridgehead atoms. The summed E-state index contributed by atoms with van der Waals surface area (Å²) in [5.74, 6) is -2.16. The maximum atomic E-state index is 11.2. The van der Waals surface area contributed by atoms with Crippen LogP contribution >= 0.6 is 0 Å². The molecule has 4 nitrogen and oxygen atoms in total. The predicted molar refractivity (Wildman–Crippen MR) is 56.3 cm³/mol. The second-order valence-electron chi connectivity index (χ2n) is 3.92. The number of hydrogen-bond donors (Lipinski definition) is 2. The summed E-state index contributed by atoms with van der Waals surface area (Å²) in [6.07, 6.45) is -0.593. The molecule has 4 heteroatoms. The first-order chi connectivity index (χ1) is 7.57. The van der Waals surface area contributed by atoms with Crippen molar-refractivity contribution in [2.45, 2.75) is 31.7 Å². The van der Waals surface area contributed by atoms with Crippen LogP contribution in [0, 0.1) is 0 Å². The normalized spacial score (nSPS) is 27.6. The van der Waals surface area contributed by atoms with Gasteiger partial charge in [-0.3, -0.25) is 4.79 Å². The van der Waals surface area contributed by atoms with E-state index in [1.807, 2.05) is 0 Å². The van der Waals surface area contributed by atoms with E-state index in [2.05, 4.69) is 0 Å². The first kappa shape index (κ1) is 11.1. The lowest BCUT2D eigenvalue weighted by atomic mass is 10.1. The summed E-state index contributed by atoms with van der Waals surface area (Å²) in [5, 5.41) is 20.0. The molecule has 0 saturated heterocycles. The Morgan fingerprint density at radius 3 is 2.94 bits per heavy atom. The molecule has 0 spiro atoms. The number of ether oxygens (including phenoxy) is 1. The van der Waals surface area contributed by atoms with E-state index in [4.69, 9.17) is 4.74 Å². The summed E-state index contributed by atoms with van der Waals surface area (Å²) in [5.41, 5.74) is 1.10. The van der Waals surface area contributed by atoms with Crippen LogP contribution in [0.1, 0.15) is 37.0 Å². The third-order valence-corrected chi connectivity index (χ3v) is 2.78. The minimum absolute atomic E-state index is 0.00190. The zero-order valence-corrected chi connectivity index (χ0v) is 9.01. The van der Waals surface area contributed by atoms with E-state index in [1.54, 1.807) is 31.2 Å². The van der Waals surface area contributed by atoms with Crippen molar-refractivity contribution in [3.63, 3.8) is 0 Å². The van der Waals surface area contributed by atoms with Crippen LogP contribution in [0.5, 0.6) is 0 Å². The van der Waals surface area contributed by atoms with Crippen molar-refractivity contribution in [2.24, 2.45) is 0 Å². The molecule has 0 fully saturated rings. The van der Waals surface area contributed by atoms with Crippen LogP contribution in [0.25, 0.3) is 0 Å². The number of aliphatic hydroxyl groups excluding tert-OH is 1. The van der Waals surface area contributed by atoms with E-state index >= 15 is 0 Å². The van der Waals surface area contributed by atoms with Gasteiger partial charge in [0.05, 0.1) is 6.10 Å². The van der Waals surface area contributed by atoms with E-state index in [0.29, 0.717) is 11.1 Å². The van der Waals surface area contributed by atoms with Crippen LogP contribution in [0.2, 0.25) is 0 Å². The van der Waals surface area contributed by atoms with Crippen molar-refractivity contribution >= 4 is 5.97 Å². The van der Waals surface area contributed by atoms with Gasteiger partial charge in [-0.25, -0.2) is 0 Å². The molecule has 1 aliphatic rings. The standard InChI is InChI=1S/C12H14O4/c1-2-11(14)16-12(15)7-10(13)8-5-3-4-6-9(8)12/h3-6,10,13,15H,2,7H2,1H3. The highest BCUT2D eigenvalue weighted by Crippen LogP contribution is 2.43. The smallest absolute Gasteiger partial charge is 0.308 e. The molecule has 0 radical (unpaired) electrons. The summed E-state index contributed by atoms with van der Waals surface area (Å²) in [6, 6.07) is 6.89. The molecular formula is C12H14O4. The number of carbonyl (C=O) groups is 1. The summed E-state index contributed by atoms with van der Waals surface area (Å²) < 4.78 is 5.00. The number of aliphatic hydroxyl groups is 2. The fourth-order valence-electron chi connectivity index (χ4n) is 1.98. The largest absolute Gasteiger partial charge is 0.429 e. The van der Waals surface area contributed by atoms with E-state index in [0.717, 1.165) is 0 Å². The van der Waals surface area contributed by atoms with Crippen LogP contribution in [0.3, 0.4) is 0 Å². The lowest BCUT2D eigenvalue weighted by Gasteiger charge is -2.23. The van der Waals surface area contributed by atoms with Crippen LogP contribution in [0.15, 0.2) is 24.3 Å². The lowest BCUT2D eigenvalue weighted by molar-refractivity contribution is -0.219. The van der Waals surface area contributed by atoms with Crippen molar-refractivity contribution in [3.8, 4) is 0 Å². The average Bonchev–Trinajstić information content (AvgIpc) is 2.52. The molecule has 0 amide bonds. The summed E-state index contributed by atoms with van der Waals surface area (Å²) >= 11 is 0. The maximum absolute atomic E-state index is 11.2. The molecule has 0 aliphatic heterocycles. The van der Waals surface area contributed by atoms with Gasteiger partial charge >= 0.3 is 5.97 Å². The molecule has 0 saturated carbocycles. The van der Waals surface area contributed by atoms with Gasteiger partial charge in [-0.1, -0.05) is 31.2 Å². The Morgan fingerprint density at radius 2 is 2.25 bits per heavy atom. The molecule has 1 aromatic rings. The zero-order valence-electron chi connectivity index (χ0n) is 9.01. The van der Waals surface area contributed by atoms with Gasteiger partial charge in [0.15, 0.2) is 0 Å². The summed E-state index contributed by atoms with van der Waals surface area (Å²) in [6.45, 7) is 1.66. The molecule has 2 unspecified atom stereocenters. The molecule has 86 valence electrons. The van der Waals surface area contributed by atoms with E-state index < -0.39 is 17.9 Å². The van der Waals surface area contributed by atoms with Crippen LogP contribution in [-0.2, 0) is 15.3 Å². The molecule has 2 rings (SSSR count).